The van der Waals surface area contributed by atoms with Crippen LogP contribution in [0.4, 0.5) is 11.6 Å². The lowest BCUT2D eigenvalue weighted by Gasteiger charge is -2.08. The van der Waals surface area contributed by atoms with Gasteiger partial charge < -0.3 is 5.32 Å². The minimum atomic E-state index is -0.394. The Morgan fingerprint density at radius 3 is 2.65 bits per heavy atom. The minimum Gasteiger partial charge on any atom is -0.355 e. The zero-order valence-corrected chi connectivity index (χ0v) is 11.8. The molecule has 20 heavy (non-hydrogen) atoms. The van der Waals surface area contributed by atoms with Gasteiger partial charge in [-0.25, -0.2) is 0 Å². The summed E-state index contributed by atoms with van der Waals surface area (Å²) >= 11 is 0. The largest absolute Gasteiger partial charge is 0.355 e. The van der Waals surface area contributed by atoms with Gasteiger partial charge >= 0.3 is 0 Å². The molecule has 0 atom stereocenters. The average Bonchev–Trinajstić information content (AvgIpc) is 2.81. The maximum Gasteiger partial charge on any atom is 0.270 e. The van der Waals surface area contributed by atoms with Crippen LogP contribution in [0.2, 0.25) is 0 Å². The number of benzene rings is 1. The summed E-state index contributed by atoms with van der Waals surface area (Å²) in [5.74, 6) is 1.31. The van der Waals surface area contributed by atoms with E-state index in [0.29, 0.717) is 23.9 Å². The van der Waals surface area contributed by atoms with Crippen LogP contribution in [0.3, 0.4) is 0 Å². The minimum absolute atomic E-state index is 0.0654. The molecule has 0 bridgehead atoms. The number of aromatic nitrogens is 3. The number of nitrogens with zero attached hydrogens (tertiary/aromatic N) is 4. The lowest BCUT2D eigenvalue weighted by atomic mass is 10.1. The van der Waals surface area contributed by atoms with Crippen molar-refractivity contribution in [1.82, 2.24) is 14.8 Å². The molecule has 7 heteroatoms. The number of nitro groups is 1. The number of nitrogens with one attached hydrogen (secondary N) is 1. The number of nitro benzene ring substituents is 1. The van der Waals surface area contributed by atoms with Crippen LogP contribution in [-0.2, 0) is 6.54 Å². The first-order valence-electron chi connectivity index (χ1n) is 6.50. The van der Waals surface area contributed by atoms with E-state index in [1.54, 1.807) is 6.07 Å². The molecule has 0 saturated heterocycles. The molecule has 1 heterocycles. The van der Waals surface area contributed by atoms with E-state index in [1.165, 1.54) is 6.07 Å². The van der Waals surface area contributed by atoms with Crippen molar-refractivity contribution in [1.29, 1.82) is 0 Å². The molecular formula is C13H17N5O2. The Balaban J connectivity index is 2.53. The van der Waals surface area contributed by atoms with Crippen molar-refractivity contribution >= 4 is 11.6 Å². The Bertz CT molecular complexity index is 636. The van der Waals surface area contributed by atoms with E-state index in [4.69, 9.17) is 0 Å². The third-order valence-corrected chi connectivity index (χ3v) is 2.93. The topological polar surface area (TPSA) is 85.9 Å². The molecular weight excluding hydrogens is 258 g/mol. The number of non-ortho nitro benzene ring substituents is 1. The Hall–Kier alpha value is -2.44. The quantitative estimate of drug-likeness (QED) is 0.669. The van der Waals surface area contributed by atoms with E-state index in [2.05, 4.69) is 15.5 Å². The summed E-state index contributed by atoms with van der Waals surface area (Å²) in [4.78, 5) is 10.6. The first kappa shape index (κ1) is 14.0. The molecule has 0 aliphatic carbocycles. The summed E-state index contributed by atoms with van der Waals surface area (Å²) in [5, 5.41) is 22.3. The molecule has 1 aromatic carbocycles. The Labute approximate surface area is 116 Å². The highest BCUT2D eigenvalue weighted by Crippen LogP contribution is 2.26. The first-order valence-corrected chi connectivity index (χ1v) is 6.50. The van der Waals surface area contributed by atoms with E-state index in [1.807, 2.05) is 31.4 Å². The van der Waals surface area contributed by atoms with Gasteiger partial charge in [-0.3, -0.25) is 14.7 Å². The Kier molecular flexibility index (Phi) is 3.97. The molecule has 2 aromatic rings. The van der Waals surface area contributed by atoms with Gasteiger partial charge in [-0.2, -0.15) is 0 Å². The Morgan fingerprint density at radius 2 is 2.05 bits per heavy atom. The van der Waals surface area contributed by atoms with E-state index in [-0.39, 0.29) is 5.69 Å². The molecule has 0 amide bonds. The van der Waals surface area contributed by atoms with Gasteiger partial charge in [-0.15, -0.1) is 10.2 Å². The van der Waals surface area contributed by atoms with Gasteiger partial charge in [0.15, 0.2) is 5.82 Å². The summed E-state index contributed by atoms with van der Waals surface area (Å²) in [7, 11) is 0. The van der Waals surface area contributed by atoms with Crippen molar-refractivity contribution in [2.75, 3.05) is 11.9 Å². The molecule has 0 spiro atoms. The first-order chi connectivity index (χ1) is 9.56. The van der Waals surface area contributed by atoms with E-state index in [9.17, 15) is 10.1 Å². The van der Waals surface area contributed by atoms with Crippen molar-refractivity contribution in [3.63, 3.8) is 0 Å². The summed E-state index contributed by atoms with van der Waals surface area (Å²) in [5.41, 5.74) is 1.59. The maximum absolute atomic E-state index is 10.9. The number of hydrogen-bond donors (Lipinski definition) is 1. The highest BCUT2D eigenvalue weighted by atomic mass is 16.6. The van der Waals surface area contributed by atoms with Gasteiger partial charge in [-0.05, 0) is 32.4 Å². The highest BCUT2D eigenvalue weighted by Gasteiger charge is 2.16. The molecule has 106 valence electrons. The summed E-state index contributed by atoms with van der Waals surface area (Å²) in [6, 6.07) is 4.94. The summed E-state index contributed by atoms with van der Waals surface area (Å²) in [6.45, 7) is 7.22. The lowest BCUT2D eigenvalue weighted by Crippen LogP contribution is -2.07. The second-order valence-electron chi connectivity index (χ2n) is 4.44. The van der Waals surface area contributed by atoms with Crippen LogP contribution in [0, 0.1) is 17.0 Å². The van der Waals surface area contributed by atoms with Gasteiger partial charge in [0.05, 0.1) is 4.92 Å². The van der Waals surface area contributed by atoms with Crippen molar-refractivity contribution in [2.24, 2.45) is 0 Å². The summed E-state index contributed by atoms with van der Waals surface area (Å²) < 4.78 is 1.90. The van der Waals surface area contributed by atoms with Gasteiger partial charge in [0.2, 0.25) is 5.95 Å². The highest BCUT2D eigenvalue weighted by molar-refractivity contribution is 5.62. The average molecular weight is 275 g/mol. The molecule has 0 unspecified atom stereocenters. The SMILES string of the molecule is CCNc1nnc(-c2cc(C)cc([N+](=O)[O-])c2)n1CC. The number of rotatable bonds is 5. The van der Waals surface area contributed by atoms with Crippen LogP contribution in [-0.4, -0.2) is 26.2 Å². The second-order valence-corrected chi connectivity index (χ2v) is 4.44. The van der Waals surface area contributed by atoms with Gasteiger partial charge in [0.25, 0.3) is 5.69 Å². The second kappa shape index (κ2) is 5.68. The number of hydrogen-bond acceptors (Lipinski definition) is 5. The molecule has 0 aliphatic heterocycles. The zero-order valence-electron chi connectivity index (χ0n) is 11.8. The predicted molar refractivity (Wildman–Crippen MR) is 76.7 cm³/mol. The number of anilines is 1. The van der Waals surface area contributed by atoms with E-state index in [0.717, 1.165) is 12.1 Å². The standard InChI is InChI=1S/C13H17N5O2/c1-4-14-13-16-15-12(17(13)5-2)10-6-9(3)7-11(8-10)18(19)20/h6-8H,4-5H2,1-3H3,(H,14,16). The van der Waals surface area contributed by atoms with Gasteiger partial charge in [0, 0.05) is 30.8 Å². The van der Waals surface area contributed by atoms with Crippen LogP contribution in [0.5, 0.6) is 0 Å². The predicted octanol–water partition coefficient (Wildman–Crippen LogP) is 2.61. The fourth-order valence-electron chi connectivity index (χ4n) is 2.10. The van der Waals surface area contributed by atoms with E-state index < -0.39 is 4.92 Å². The lowest BCUT2D eigenvalue weighted by molar-refractivity contribution is -0.384. The normalized spacial score (nSPS) is 10.6. The van der Waals surface area contributed by atoms with E-state index >= 15 is 0 Å². The number of aryl methyl sites for hydroxylation is 1. The van der Waals surface area contributed by atoms with Crippen LogP contribution in [0.15, 0.2) is 18.2 Å². The molecule has 0 radical (unpaired) electrons. The molecule has 1 N–H and O–H groups in total. The third-order valence-electron chi connectivity index (χ3n) is 2.93. The van der Waals surface area contributed by atoms with Crippen molar-refractivity contribution in [3.8, 4) is 11.4 Å². The smallest absolute Gasteiger partial charge is 0.270 e. The third kappa shape index (κ3) is 2.61. The van der Waals surface area contributed by atoms with Gasteiger partial charge in [-0.1, -0.05) is 0 Å². The molecule has 1 aromatic heterocycles. The van der Waals surface area contributed by atoms with Crippen LogP contribution >= 0.6 is 0 Å². The molecule has 2 rings (SSSR count). The maximum atomic E-state index is 10.9. The van der Waals surface area contributed by atoms with Crippen LogP contribution < -0.4 is 5.32 Å². The Morgan fingerprint density at radius 1 is 1.30 bits per heavy atom. The molecule has 0 fully saturated rings. The molecule has 0 saturated carbocycles. The van der Waals surface area contributed by atoms with Crippen molar-refractivity contribution in [3.05, 3.63) is 33.9 Å². The van der Waals surface area contributed by atoms with Crippen molar-refractivity contribution in [2.45, 2.75) is 27.3 Å². The fourth-order valence-corrected chi connectivity index (χ4v) is 2.10. The van der Waals surface area contributed by atoms with Crippen molar-refractivity contribution < 1.29 is 4.92 Å². The van der Waals surface area contributed by atoms with Gasteiger partial charge in [0.1, 0.15) is 0 Å². The van der Waals surface area contributed by atoms with Crippen LogP contribution in [0.25, 0.3) is 11.4 Å². The van der Waals surface area contributed by atoms with Crippen LogP contribution in [0.1, 0.15) is 19.4 Å². The molecule has 0 aliphatic rings. The summed E-state index contributed by atoms with van der Waals surface area (Å²) in [6.07, 6.45) is 0. The fraction of sp³-hybridized carbons (Fsp3) is 0.385. The molecule has 7 nitrogen and oxygen atoms in total. The monoisotopic (exact) mass is 275 g/mol. The zero-order chi connectivity index (χ0) is 14.7.